The predicted molar refractivity (Wildman–Crippen MR) is 57.5 cm³/mol. The minimum absolute atomic E-state index is 0.111. The first-order valence-electron chi connectivity index (χ1n) is 4.67. The summed E-state index contributed by atoms with van der Waals surface area (Å²) in [6.45, 7) is 5.72. The topological polar surface area (TPSA) is 52.0 Å². The maximum absolute atomic E-state index is 13.6. The zero-order valence-corrected chi connectivity index (χ0v) is 8.84. The molecule has 0 aliphatic carbocycles. The van der Waals surface area contributed by atoms with Crippen LogP contribution in [0.5, 0.6) is 0 Å². The van der Waals surface area contributed by atoms with E-state index in [0.717, 1.165) is 0 Å². The van der Waals surface area contributed by atoms with E-state index >= 15 is 0 Å². The van der Waals surface area contributed by atoms with Crippen molar-refractivity contribution >= 4 is 5.69 Å². The highest BCUT2D eigenvalue weighted by atomic mass is 19.1. The van der Waals surface area contributed by atoms with E-state index in [-0.39, 0.29) is 17.3 Å². The molecule has 1 rings (SSSR count). The van der Waals surface area contributed by atoms with E-state index < -0.39 is 0 Å². The van der Waals surface area contributed by atoms with Gasteiger partial charge in [0.2, 0.25) is 0 Å². The van der Waals surface area contributed by atoms with Gasteiger partial charge < -0.3 is 11.5 Å². The predicted octanol–water partition coefficient (Wildman–Crippen LogP) is 2.03. The lowest BCUT2D eigenvalue weighted by molar-refractivity contribution is 0.412. The third-order valence-electron chi connectivity index (χ3n) is 2.83. The number of benzene rings is 1. The second kappa shape index (κ2) is 3.58. The Hall–Kier alpha value is -1.09. The van der Waals surface area contributed by atoms with E-state index in [1.165, 1.54) is 6.07 Å². The van der Waals surface area contributed by atoms with Gasteiger partial charge in [0.15, 0.2) is 0 Å². The molecule has 0 amide bonds. The SMILES string of the molecule is CC(N)C(C)(C)c1ccc(N)cc1F. The molecular weight excluding hydrogens is 179 g/mol. The summed E-state index contributed by atoms with van der Waals surface area (Å²) in [5.41, 5.74) is 12.0. The van der Waals surface area contributed by atoms with E-state index in [1.807, 2.05) is 20.8 Å². The van der Waals surface area contributed by atoms with Crippen LogP contribution in [0, 0.1) is 5.82 Å². The molecule has 1 unspecified atom stereocenters. The van der Waals surface area contributed by atoms with Gasteiger partial charge in [-0.1, -0.05) is 19.9 Å². The first kappa shape index (κ1) is 11.0. The molecule has 0 fully saturated rings. The normalized spacial score (nSPS) is 14.1. The van der Waals surface area contributed by atoms with Gasteiger partial charge in [0.1, 0.15) is 5.82 Å². The summed E-state index contributed by atoms with van der Waals surface area (Å²) in [5, 5.41) is 0. The van der Waals surface area contributed by atoms with E-state index in [1.54, 1.807) is 12.1 Å². The Balaban J connectivity index is 3.19. The number of hydrogen-bond acceptors (Lipinski definition) is 2. The smallest absolute Gasteiger partial charge is 0.129 e. The van der Waals surface area contributed by atoms with Crippen LogP contribution in [-0.4, -0.2) is 6.04 Å². The Morgan fingerprint density at radius 1 is 1.36 bits per heavy atom. The highest BCUT2D eigenvalue weighted by Gasteiger charge is 2.28. The number of nitrogens with two attached hydrogens (primary N) is 2. The Bertz CT molecular complexity index is 332. The van der Waals surface area contributed by atoms with E-state index in [0.29, 0.717) is 11.3 Å². The van der Waals surface area contributed by atoms with Crippen molar-refractivity contribution in [3.05, 3.63) is 29.6 Å². The number of halogens is 1. The first-order valence-corrected chi connectivity index (χ1v) is 4.67. The molecular formula is C11H17FN2. The third-order valence-corrected chi connectivity index (χ3v) is 2.83. The maximum atomic E-state index is 13.6. The molecule has 1 aromatic carbocycles. The van der Waals surface area contributed by atoms with Crippen molar-refractivity contribution < 1.29 is 4.39 Å². The lowest BCUT2D eigenvalue weighted by Gasteiger charge is -2.30. The van der Waals surface area contributed by atoms with Gasteiger partial charge in [-0.15, -0.1) is 0 Å². The number of anilines is 1. The van der Waals surface area contributed by atoms with Crippen LogP contribution in [0.15, 0.2) is 18.2 Å². The van der Waals surface area contributed by atoms with Crippen LogP contribution in [0.25, 0.3) is 0 Å². The molecule has 4 N–H and O–H groups in total. The van der Waals surface area contributed by atoms with Crippen molar-refractivity contribution in [2.24, 2.45) is 5.73 Å². The first-order chi connectivity index (χ1) is 6.35. The molecule has 0 aromatic heterocycles. The molecule has 0 bridgehead atoms. The summed E-state index contributed by atoms with van der Waals surface area (Å²) < 4.78 is 13.6. The van der Waals surface area contributed by atoms with Crippen molar-refractivity contribution in [3.63, 3.8) is 0 Å². The second-order valence-corrected chi connectivity index (χ2v) is 4.25. The van der Waals surface area contributed by atoms with Crippen molar-refractivity contribution in [3.8, 4) is 0 Å². The molecule has 3 heteroatoms. The number of rotatable bonds is 2. The zero-order valence-electron chi connectivity index (χ0n) is 8.84. The quantitative estimate of drug-likeness (QED) is 0.711. The van der Waals surface area contributed by atoms with Gasteiger partial charge in [0.25, 0.3) is 0 Å². The zero-order chi connectivity index (χ0) is 10.9. The van der Waals surface area contributed by atoms with Gasteiger partial charge in [-0.25, -0.2) is 4.39 Å². The largest absolute Gasteiger partial charge is 0.399 e. The molecule has 0 heterocycles. The van der Waals surface area contributed by atoms with Crippen molar-refractivity contribution in [1.82, 2.24) is 0 Å². The molecule has 0 radical (unpaired) electrons. The van der Waals surface area contributed by atoms with Gasteiger partial charge >= 0.3 is 0 Å². The van der Waals surface area contributed by atoms with Crippen LogP contribution in [0.3, 0.4) is 0 Å². The van der Waals surface area contributed by atoms with Gasteiger partial charge in [0, 0.05) is 17.1 Å². The summed E-state index contributed by atoms with van der Waals surface area (Å²) in [6.07, 6.45) is 0. The highest BCUT2D eigenvalue weighted by Crippen LogP contribution is 2.29. The molecule has 1 atom stereocenters. The summed E-state index contributed by atoms with van der Waals surface area (Å²) in [6, 6.07) is 4.62. The Morgan fingerprint density at radius 3 is 2.36 bits per heavy atom. The molecule has 1 aromatic rings. The lowest BCUT2D eigenvalue weighted by Crippen LogP contribution is -2.38. The number of nitrogen functional groups attached to an aromatic ring is 1. The molecule has 0 spiro atoms. The fourth-order valence-corrected chi connectivity index (χ4v) is 1.30. The highest BCUT2D eigenvalue weighted by molar-refractivity contribution is 5.42. The van der Waals surface area contributed by atoms with Crippen LogP contribution >= 0.6 is 0 Å². The molecule has 0 saturated heterocycles. The minimum atomic E-state index is -0.377. The molecule has 0 aliphatic heterocycles. The maximum Gasteiger partial charge on any atom is 0.129 e. The van der Waals surface area contributed by atoms with Crippen LogP contribution in [0.2, 0.25) is 0 Å². The fraction of sp³-hybridized carbons (Fsp3) is 0.455. The van der Waals surface area contributed by atoms with E-state index in [9.17, 15) is 4.39 Å². The standard InChI is InChI=1S/C11H17FN2/c1-7(13)11(2,3)9-5-4-8(14)6-10(9)12/h4-7H,13-14H2,1-3H3. The summed E-state index contributed by atoms with van der Waals surface area (Å²) in [5.74, 6) is -0.285. The minimum Gasteiger partial charge on any atom is -0.399 e. The average molecular weight is 196 g/mol. The van der Waals surface area contributed by atoms with Crippen LogP contribution in [0.4, 0.5) is 10.1 Å². The summed E-state index contributed by atoms with van der Waals surface area (Å²) in [4.78, 5) is 0. The van der Waals surface area contributed by atoms with Gasteiger partial charge in [0.05, 0.1) is 0 Å². The molecule has 14 heavy (non-hydrogen) atoms. The van der Waals surface area contributed by atoms with Crippen LogP contribution in [0.1, 0.15) is 26.3 Å². The van der Waals surface area contributed by atoms with Gasteiger partial charge in [-0.3, -0.25) is 0 Å². The second-order valence-electron chi connectivity index (χ2n) is 4.25. The van der Waals surface area contributed by atoms with Crippen molar-refractivity contribution in [1.29, 1.82) is 0 Å². The third kappa shape index (κ3) is 1.87. The molecule has 2 nitrogen and oxygen atoms in total. The van der Waals surface area contributed by atoms with Crippen molar-refractivity contribution in [2.45, 2.75) is 32.2 Å². The summed E-state index contributed by atoms with van der Waals surface area (Å²) >= 11 is 0. The lowest BCUT2D eigenvalue weighted by atomic mass is 9.78. The monoisotopic (exact) mass is 196 g/mol. The average Bonchev–Trinajstić information content (AvgIpc) is 2.02. The van der Waals surface area contributed by atoms with Gasteiger partial charge in [-0.2, -0.15) is 0 Å². The van der Waals surface area contributed by atoms with E-state index in [2.05, 4.69) is 0 Å². The van der Waals surface area contributed by atoms with Crippen molar-refractivity contribution in [2.75, 3.05) is 5.73 Å². The van der Waals surface area contributed by atoms with E-state index in [4.69, 9.17) is 11.5 Å². The molecule has 0 aliphatic rings. The van der Waals surface area contributed by atoms with Crippen LogP contribution < -0.4 is 11.5 Å². The summed E-state index contributed by atoms with van der Waals surface area (Å²) in [7, 11) is 0. The molecule has 0 saturated carbocycles. The van der Waals surface area contributed by atoms with Gasteiger partial charge in [-0.05, 0) is 24.6 Å². The van der Waals surface area contributed by atoms with Crippen LogP contribution in [-0.2, 0) is 5.41 Å². The Kier molecular flexibility index (Phi) is 2.81. The Labute approximate surface area is 84.1 Å². The fourth-order valence-electron chi connectivity index (χ4n) is 1.30. The Morgan fingerprint density at radius 2 is 1.93 bits per heavy atom. The molecule has 78 valence electrons. The number of hydrogen-bond donors (Lipinski definition) is 2.